The summed E-state index contributed by atoms with van der Waals surface area (Å²) in [5.41, 5.74) is 9.15. The molecule has 0 saturated carbocycles. The van der Waals surface area contributed by atoms with Crippen LogP contribution in [0.5, 0.6) is 0 Å². The number of hydrogen-bond acceptors (Lipinski definition) is 1. The first-order chi connectivity index (χ1) is 21.0. The highest BCUT2D eigenvalue weighted by Gasteiger charge is 2.18. The first-order valence-electron chi connectivity index (χ1n) is 14.4. The summed E-state index contributed by atoms with van der Waals surface area (Å²) in [6.45, 7) is 18.2. The van der Waals surface area contributed by atoms with Crippen LogP contribution in [-0.2, 0) is 0 Å². The lowest BCUT2D eigenvalue weighted by Gasteiger charge is -2.19. The molecule has 0 heterocycles. The lowest BCUT2D eigenvalue weighted by Crippen LogP contribution is -1.99. The van der Waals surface area contributed by atoms with Crippen LogP contribution in [0.25, 0.3) is 54.6 Å². The average molecular weight is 552 g/mol. The Kier molecular flexibility index (Phi) is 7.56. The van der Waals surface area contributed by atoms with E-state index in [0.717, 1.165) is 22.4 Å². The third-order valence-corrected chi connectivity index (χ3v) is 8.04. The van der Waals surface area contributed by atoms with E-state index in [0.29, 0.717) is 5.70 Å². The minimum atomic E-state index is 0.587. The average Bonchev–Trinajstić information content (AvgIpc) is 3.05. The fraction of sp³-hybridized carbons (Fsp3) is 0.0238. The summed E-state index contributed by atoms with van der Waals surface area (Å²) in [5.74, 6) is 0. The quantitative estimate of drug-likeness (QED) is 0.101. The van der Waals surface area contributed by atoms with Gasteiger partial charge >= 0.3 is 0 Å². The smallest absolute Gasteiger partial charge is 0.0703 e. The van der Waals surface area contributed by atoms with E-state index in [1.54, 1.807) is 12.2 Å². The molecule has 0 amide bonds. The number of fused-ring (bicyclic) bond motifs is 3. The van der Waals surface area contributed by atoms with Gasteiger partial charge in [-0.15, -0.1) is 0 Å². The van der Waals surface area contributed by atoms with Gasteiger partial charge in [-0.3, -0.25) is 0 Å². The summed E-state index contributed by atoms with van der Waals surface area (Å²) in [7, 11) is 0. The van der Waals surface area contributed by atoms with E-state index in [2.05, 4.69) is 142 Å². The molecule has 0 aromatic heterocycles. The van der Waals surface area contributed by atoms with Gasteiger partial charge in [0.1, 0.15) is 0 Å². The summed E-state index contributed by atoms with van der Waals surface area (Å²) >= 11 is 0. The maximum absolute atomic E-state index is 4.79. The topological polar surface area (TPSA) is 12.4 Å². The molecule has 6 aromatic rings. The van der Waals surface area contributed by atoms with Crippen LogP contribution < -0.4 is 0 Å². The number of benzene rings is 6. The van der Waals surface area contributed by atoms with Crippen LogP contribution in [0, 0.1) is 6.92 Å². The molecule has 1 heteroatoms. The molecule has 43 heavy (non-hydrogen) atoms. The molecule has 206 valence electrons. The Hall–Kier alpha value is -5.53. The minimum Gasteiger partial charge on any atom is -0.248 e. The zero-order valence-corrected chi connectivity index (χ0v) is 24.5. The molecule has 0 N–H and O–H groups in total. The van der Waals surface area contributed by atoms with Crippen molar-refractivity contribution >= 4 is 38.0 Å². The maximum Gasteiger partial charge on any atom is 0.0703 e. The van der Waals surface area contributed by atoms with Crippen molar-refractivity contribution in [1.82, 2.24) is 0 Å². The van der Waals surface area contributed by atoms with E-state index in [1.165, 1.54) is 54.6 Å². The van der Waals surface area contributed by atoms with Crippen LogP contribution in [0.15, 0.2) is 176 Å². The van der Waals surface area contributed by atoms with Crippen molar-refractivity contribution in [2.45, 2.75) is 6.92 Å². The van der Waals surface area contributed by atoms with Crippen LogP contribution in [-0.4, -0.2) is 5.71 Å². The van der Waals surface area contributed by atoms with Crippen LogP contribution in [0.2, 0.25) is 0 Å². The van der Waals surface area contributed by atoms with Gasteiger partial charge in [0, 0.05) is 5.56 Å². The third kappa shape index (κ3) is 5.07. The zero-order valence-electron chi connectivity index (χ0n) is 24.5. The lowest BCUT2D eigenvalue weighted by molar-refractivity contribution is 1.37. The summed E-state index contributed by atoms with van der Waals surface area (Å²) in [6.07, 6.45) is 7.17. The van der Waals surface area contributed by atoms with E-state index in [9.17, 15) is 0 Å². The molecule has 1 nitrogen and oxygen atoms in total. The Labute approximate surface area is 253 Å². The van der Waals surface area contributed by atoms with Crippen LogP contribution >= 0.6 is 0 Å². The van der Waals surface area contributed by atoms with Gasteiger partial charge in [-0.1, -0.05) is 148 Å². The van der Waals surface area contributed by atoms with E-state index in [-0.39, 0.29) is 0 Å². The number of nitrogens with zero attached hydrogens (tertiary/aromatic N) is 1. The number of aryl methyl sites for hydroxylation is 1. The molecule has 0 aliphatic carbocycles. The summed E-state index contributed by atoms with van der Waals surface area (Å²) in [4.78, 5) is 4.79. The van der Waals surface area contributed by atoms with E-state index in [1.807, 2.05) is 12.2 Å². The summed E-state index contributed by atoms with van der Waals surface area (Å²) < 4.78 is 0. The van der Waals surface area contributed by atoms with Crippen molar-refractivity contribution in [3.8, 4) is 22.3 Å². The predicted octanol–water partition coefficient (Wildman–Crippen LogP) is 11.6. The predicted molar refractivity (Wildman–Crippen MR) is 189 cm³/mol. The molecule has 0 atom stereocenters. The van der Waals surface area contributed by atoms with Crippen molar-refractivity contribution in [2.75, 3.05) is 0 Å². The van der Waals surface area contributed by atoms with Gasteiger partial charge < -0.3 is 0 Å². The molecule has 0 radical (unpaired) electrons. The molecular weight excluding hydrogens is 518 g/mol. The Morgan fingerprint density at radius 1 is 0.628 bits per heavy atom. The molecule has 6 aromatic carbocycles. The second-order valence-corrected chi connectivity index (χ2v) is 10.7. The first-order valence-corrected chi connectivity index (χ1v) is 14.4. The molecule has 0 unspecified atom stereocenters. The van der Waals surface area contributed by atoms with E-state index < -0.39 is 0 Å². The van der Waals surface area contributed by atoms with Gasteiger partial charge in [-0.25, -0.2) is 4.99 Å². The second-order valence-electron chi connectivity index (χ2n) is 10.7. The highest BCUT2D eigenvalue weighted by Crippen LogP contribution is 2.45. The van der Waals surface area contributed by atoms with Crippen molar-refractivity contribution < 1.29 is 0 Å². The molecule has 0 aliphatic rings. The molecule has 0 aliphatic heterocycles. The third-order valence-electron chi connectivity index (χ3n) is 8.04. The van der Waals surface area contributed by atoms with Crippen molar-refractivity contribution in [3.63, 3.8) is 0 Å². The Morgan fingerprint density at radius 2 is 1.21 bits per heavy atom. The molecule has 0 saturated heterocycles. The van der Waals surface area contributed by atoms with Gasteiger partial charge in [0.25, 0.3) is 0 Å². The van der Waals surface area contributed by atoms with Crippen LogP contribution in [0.1, 0.15) is 11.1 Å². The fourth-order valence-electron chi connectivity index (χ4n) is 5.96. The Bertz CT molecular complexity index is 2100. The molecular formula is C42H33N. The fourth-order valence-corrected chi connectivity index (χ4v) is 5.96. The SMILES string of the molecule is C=C/C=C\C(=C)C(=C)N=C(C=C)c1cccc(-c2c3ccccc3c(-c3ccc(C)c4ccccc34)c3ccccc23)c1. The summed E-state index contributed by atoms with van der Waals surface area (Å²) in [6, 6.07) is 39.3. The van der Waals surface area contributed by atoms with E-state index in [4.69, 9.17) is 4.99 Å². The van der Waals surface area contributed by atoms with Gasteiger partial charge in [0.15, 0.2) is 0 Å². The number of aliphatic imine (C=N–C) groups is 1. The summed E-state index contributed by atoms with van der Waals surface area (Å²) in [5, 5.41) is 7.43. The van der Waals surface area contributed by atoms with Crippen molar-refractivity contribution in [2.24, 2.45) is 4.99 Å². The first kappa shape index (κ1) is 27.6. The second kappa shape index (κ2) is 11.8. The molecule has 0 bridgehead atoms. The number of allylic oxidation sites excluding steroid dienone is 4. The van der Waals surface area contributed by atoms with Crippen LogP contribution in [0.4, 0.5) is 0 Å². The van der Waals surface area contributed by atoms with E-state index >= 15 is 0 Å². The monoisotopic (exact) mass is 551 g/mol. The standard InChI is InChI=1S/C42H33N/c1-6-8-16-28(3)30(5)43-40(7-2)31-17-15-18-32(27-31)41-35-21-11-13-23-37(35)42(38-24-14-12-22-36(38)41)39-26-25-29(4)33-19-9-10-20-34(33)39/h6-27H,1-3,5H2,4H3/b16-8-,43-40?. The Morgan fingerprint density at radius 3 is 1.81 bits per heavy atom. The van der Waals surface area contributed by atoms with Crippen molar-refractivity contribution in [1.29, 1.82) is 0 Å². The highest BCUT2D eigenvalue weighted by molar-refractivity contribution is 6.24. The Balaban J connectivity index is 1.61. The van der Waals surface area contributed by atoms with Gasteiger partial charge in [0.2, 0.25) is 0 Å². The van der Waals surface area contributed by atoms with Gasteiger partial charge in [0.05, 0.1) is 11.4 Å². The molecule has 6 rings (SSSR count). The van der Waals surface area contributed by atoms with Crippen LogP contribution in [0.3, 0.4) is 0 Å². The number of hydrogen-bond donors (Lipinski definition) is 0. The largest absolute Gasteiger partial charge is 0.248 e. The van der Waals surface area contributed by atoms with Crippen molar-refractivity contribution in [3.05, 3.63) is 182 Å². The molecule has 0 fully saturated rings. The van der Waals surface area contributed by atoms with Gasteiger partial charge in [-0.05, 0) is 84.8 Å². The normalized spacial score (nSPS) is 11.8. The highest BCUT2D eigenvalue weighted by atomic mass is 14.8. The molecule has 0 spiro atoms. The minimum absolute atomic E-state index is 0.587. The van der Waals surface area contributed by atoms with Gasteiger partial charge in [-0.2, -0.15) is 0 Å². The number of rotatable bonds is 8. The lowest BCUT2D eigenvalue weighted by atomic mass is 9.84. The maximum atomic E-state index is 4.79. The zero-order chi connectivity index (χ0) is 29.9.